The lowest BCUT2D eigenvalue weighted by molar-refractivity contribution is -0.384. The molecule has 0 aliphatic carbocycles. The van der Waals surface area contributed by atoms with Crippen molar-refractivity contribution in [3.8, 4) is 5.75 Å². The quantitative estimate of drug-likeness (QED) is 0.439. The SMILES string of the molecule is CC(C)(C)c1cc(N(CC(=O)O)C(=O)Nc2ccc([N+](=O)[O-])cc2)cc(C(C)(C)C)c1O. The second-order valence-corrected chi connectivity index (χ2v) is 9.60. The molecule has 3 N–H and O–H groups in total. The van der Waals surface area contributed by atoms with E-state index < -0.39 is 34.3 Å². The van der Waals surface area contributed by atoms with Crippen molar-refractivity contribution in [2.75, 3.05) is 16.8 Å². The average molecular weight is 444 g/mol. The van der Waals surface area contributed by atoms with Gasteiger partial charge >= 0.3 is 12.0 Å². The van der Waals surface area contributed by atoms with Gasteiger partial charge in [0.1, 0.15) is 12.3 Å². The summed E-state index contributed by atoms with van der Waals surface area (Å²) >= 11 is 0. The first kappa shape index (κ1) is 24.6. The minimum atomic E-state index is -1.22. The molecule has 2 aromatic carbocycles. The number of aromatic hydroxyl groups is 1. The summed E-state index contributed by atoms with van der Waals surface area (Å²) < 4.78 is 0. The van der Waals surface area contributed by atoms with E-state index in [1.165, 1.54) is 24.3 Å². The molecule has 0 aliphatic rings. The highest BCUT2D eigenvalue weighted by Gasteiger charge is 2.29. The standard InChI is InChI=1S/C23H29N3O6/c1-22(2,3)17-11-16(12-18(20(17)29)23(4,5)6)25(13-19(27)28)21(30)24-14-7-9-15(10-8-14)26(31)32/h7-12,29H,13H2,1-6H3,(H,24,30)(H,27,28). The lowest BCUT2D eigenvalue weighted by atomic mass is 9.79. The minimum Gasteiger partial charge on any atom is -0.507 e. The summed E-state index contributed by atoms with van der Waals surface area (Å²) in [5.74, 6) is -1.11. The maximum atomic E-state index is 13.0. The van der Waals surface area contributed by atoms with E-state index in [0.717, 1.165) is 4.90 Å². The zero-order chi connectivity index (χ0) is 24.4. The van der Waals surface area contributed by atoms with E-state index in [0.29, 0.717) is 16.8 Å². The lowest BCUT2D eigenvalue weighted by Gasteiger charge is -2.30. The number of carboxylic acid groups (broad SMARTS) is 1. The third kappa shape index (κ3) is 5.75. The van der Waals surface area contributed by atoms with Crippen LogP contribution in [0.3, 0.4) is 0 Å². The van der Waals surface area contributed by atoms with E-state index in [2.05, 4.69) is 5.32 Å². The number of rotatable bonds is 5. The molecule has 0 unspecified atom stereocenters. The van der Waals surface area contributed by atoms with Gasteiger partial charge in [0.15, 0.2) is 0 Å². The number of aliphatic carboxylic acids is 1. The molecular weight excluding hydrogens is 414 g/mol. The Bertz CT molecular complexity index is 998. The number of hydrogen-bond donors (Lipinski definition) is 3. The van der Waals surface area contributed by atoms with Crippen molar-refractivity contribution in [1.29, 1.82) is 0 Å². The Kier molecular flexibility index (Phi) is 6.82. The van der Waals surface area contributed by atoms with Crippen molar-refractivity contribution >= 4 is 29.1 Å². The summed E-state index contributed by atoms with van der Waals surface area (Å²) in [6.45, 7) is 10.9. The number of amides is 2. The van der Waals surface area contributed by atoms with Crippen LogP contribution in [0, 0.1) is 10.1 Å². The van der Waals surface area contributed by atoms with Crippen LogP contribution in [-0.2, 0) is 15.6 Å². The summed E-state index contributed by atoms with van der Waals surface area (Å²) in [4.78, 5) is 35.9. The summed E-state index contributed by atoms with van der Waals surface area (Å²) in [6, 6.07) is 7.73. The van der Waals surface area contributed by atoms with Crippen molar-refractivity contribution in [3.63, 3.8) is 0 Å². The van der Waals surface area contributed by atoms with Crippen LogP contribution in [0.1, 0.15) is 52.7 Å². The van der Waals surface area contributed by atoms with Crippen LogP contribution in [0.15, 0.2) is 36.4 Å². The van der Waals surface area contributed by atoms with Crippen LogP contribution in [0.25, 0.3) is 0 Å². The first-order valence-corrected chi connectivity index (χ1v) is 10.0. The molecule has 2 amide bonds. The number of nitrogens with one attached hydrogen (secondary N) is 1. The second kappa shape index (κ2) is 8.86. The molecule has 0 radical (unpaired) electrons. The van der Waals surface area contributed by atoms with Crippen molar-refractivity contribution in [2.24, 2.45) is 0 Å². The second-order valence-electron chi connectivity index (χ2n) is 9.60. The first-order valence-electron chi connectivity index (χ1n) is 10.0. The first-order chi connectivity index (χ1) is 14.6. The Morgan fingerprint density at radius 2 is 1.47 bits per heavy atom. The third-order valence-corrected chi connectivity index (χ3v) is 4.89. The Balaban J connectivity index is 2.55. The van der Waals surface area contributed by atoms with Gasteiger partial charge in [-0.2, -0.15) is 0 Å². The third-order valence-electron chi connectivity index (χ3n) is 4.89. The molecule has 0 aliphatic heterocycles. The molecule has 0 saturated heterocycles. The molecular formula is C23H29N3O6. The van der Waals surface area contributed by atoms with Gasteiger partial charge in [-0.1, -0.05) is 41.5 Å². The fourth-order valence-electron chi connectivity index (χ4n) is 3.19. The van der Waals surface area contributed by atoms with E-state index in [-0.39, 0.29) is 17.1 Å². The molecule has 9 nitrogen and oxygen atoms in total. The number of carboxylic acids is 1. The lowest BCUT2D eigenvalue weighted by Crippen LogP contribution is -2.39. The molecule has 0 aromatic heterocycles. The smallest absolute Gasteiger partial charge is 0.326 e. The number of anilines is 2. The topological polar surface area (TPSA) is 133 Å². The van der Waals surface area contributed by atoms with Gasteiger partial charge in [-0.3, -0.25) is 19.8 Å². The molecule has 32 heavy (non-hydrogen) atoms. The van der Waals surface area contributed by atoms with Crippen LogP contribution in [0.4, 0.5) is 21.9 Å². The highest BCUT2D eigenvalue weighted by atomic mass is 16.6. The molecule has 0 bridgehead atoms. The number of carbonyl (C=O) groups excluding carboxylic acids is 1. The van der Waals surface area contributed by atoms with Gasteiger partial charge in [0, 0.05) is 34.6 Å². The van der Waals surface area contributed by atoms with Gasteiger partial charge in [-0.25, -0.2) is 4.79 Å². The van der Waals surface area contributed by atoms with Crippen molar-refractivity contribution in [3.05, 3.63) is 57.6 Å². The number of nitrogens with zero attached hydrogens (tertiary/aromatic N) is 2. The molecule has 0 heterocycles. The normalized spacial score (nSPS) is 11.7. The number of non-ortho nitro benzene ring substituents is 1. The molecule has 0 fully saturated rings. The van der Waals surface area contributed by atoms with E-state index in [9.17, 15) is 29.9 Å². The van der Waals surface area contributed by atoms with Gasteiger partial charge in [0.2, 0.25) is 0 Å². The Hall–Kier alpha value is -3.62. The number of nitro benzene ring substituents is 1. The Labute approximate surface area is 186 Å². The number of phenolic OH excluding ortho intramolecular Hbond substituents is 1. The predicted molar refractivity (Wildman–Crippen MR) is 123 cm³/mol. The maximum Gasteiger partial charge on any atom is 0.326 e. The molecule has 2 aromatic rings. The minimum absolute atomic E-state index is 0.111. The summed E-state index contributed by atoms with van der Waals surface area (Å²) in [5.41, 5.74) is 0.694. The maximum absolute atomic E-state index is 13.0. The number of benzene rings is 2. The highest BCUT2D eigenvalue weighted by Crippen LogP contribution is 2.42. The van der Waals surface area contributed by atoms with Crippen molar-refractivity contribution < 1.29 is 24.7 Å². The number of carbonyl (C=O) groups is 2. The molecule has 0 atom stereocenters. The molecule has 0 spiro atoms. The van der Waals surface area contributed by atoms with Crippen molar-refractivity contribution in [1.82, 2.24) is 0 Å². The molecule has 9 heteroatoms. The number of hydrogen-bond acceptors (Lipinski definition) is 5. The van der Waals surface area contributed by atoms with Gasteiger partial charge < -0.3 is 15.5 Å². The average Bonchev–Trinajstić information content (AvgIpc) is 2.64. The summed E-state index contributed by atoms with van der Waals surface area (Å²) in [5, 5.41) is 33.7. The van der Waals surface area contributed by atoms with Crippen LogP contribution in [0.2, 0.25) is 0 Å². The number of urea groups is 1. The summed E-state index contributed by atoms with van der Waals surface area (Å²) in [7, 11) is 0. The fourth-order valence-corrected chi connectivity index (χ4v) is 3.19. The van der Waals surface area contributed by atoms with Crippen LogP contribution in [0.5, 0.6) is 5.75 Å². The van der Waals surface area contributed by atoms with Crippen LogP contribution < -0.4 is 10.2 Å². The van der Waals surface area contributed by atoms with E-state index in [4.69, 9.17) is 0 Å². The zero-order valence-corrected chi connectivity index (χ0v) is 19.1. The monoisotopic (exact) mass is 443 g/mol. The largest absolute Gasteiger partial charge is 0.507 e. The molecule has 172 valence electrons. The highest BCUT2D eigenvalue weighted by molar-refractivity contribution is 6.04. The predicted octanol–water partition coefficient (Wildman–Crippen LogP) is 5.02. The fraction of sp³-hybridized carbons (Fsp3) is 0.391. The Morgan fingerprint density at radius 1 is 1.00 bits per heavy atom. The van der Waals surface area contributed by atoms with Crippen LogP contribution >= 0.6 is 0 Å². The van der Waals surface area contributed by atoms with E-state index >= 15 is 0 Å². The van der Waals surface area contributed by atoms with Gasteiger partial charge in [-0.15, -0.1) is 0 Å². The van der Waals surface area contributed by atoms with Gasteiger partial charge in [-0.05, 0) is 35.1 Å². The molecule has 2 rings (SSSR count). The Morgan fingerprint density at radius 3 is 1.84 bits per heavy atom. The van der Waals surface area contributed by atoms with Crippen molar-refractivity contribution in [2.45, 2.75) is 52.4 Å². The molecule has 0 saturated carbocycles. The van der Waals surface area contributed by atoms with Crippen LogP contribution in [-0.4, -0.2) is 33.7 Å². The zero-order valence-electron chi connectivity index (χ0n) is 19.1. The number of nitro groups is 1. The van der Waals surface area contributed by atoms with E-state index in [1.54, 1.807) is 12.1 Å². The number of phenols is 1. The van der Waals surface area contributed by atoms with Gasteiger partial charge in [0.05, 0.1) is 4.92 Å². The van der Waals surface area contributed by atoms with E-state index in [1.807, 2.05) is 41.5 Å². The summed E-state index contributed by atoms with van der Waals surface area (Å²) in [6.07, 6.45) is 0. The van der Waals surface area contributed by atoms with Gasteiger partial charge in [0.25, 0.3) is 5.69 Å².